The monoisotopic (exact) mass is 320 g/mol. The first kappa shape index (κ1) is 21.0. The number of aliphatic carboxylic acids is 1. The summed E-state index contributed by atoms with van der Waals surface area (Å²) in [5.74, 6) is -2.63. The van der Waals surface area contributed by atoms with E-state index in [0.29, 0.717) is 12.3 Å². The van der Waals surface area contributed by atoms with Crippen molar-refractivity contribution in [1.29, 1.82) is 0 Å². The molecule has 0 unspecified atom stereocenters. The third kappa shape index (κ3) is 13.1. The Morgan fingerprint density at radius 2 is 1.80 bits per heavy atom. The zero-order valence-corrected chi connectivity index (χ0v) is 11.3. The van der Waals surface area contributed by atoms with Gasteiger partial charge in [-0.15, -0.1) is 0 Å². The molecule has 11 heteroatoms. The smallest absolute Gasteiger partial charge is 0.475 e. The minimum atomic E-state index is -5.08. The van der Waals surface area contributed by atoms with Gasteiger partial charge in [-0.25, -0.2) is 4.79 Å². The van der Waals surface area contributed by atoms with Crippen LogP contribution in [0.4, 0.5) is 13.2 Å². The highest BCUT2D eigenvalue weighted by atomic mass is 32.2. The van der Waals surface area contributed by atoms with Crippen LogP contribution in [0.25, 0.3) is 0 Å². The summed E-state index contributed by atoms with van der Waals surface area (Å²) in [6.45, 7) is 1.48. The summed E-state index contributed by atoms with van der Waals surface area (Å²) in [6.07, 6.45) is -5.08. The molecule has 1 atom stereocenters. The average Bonchev–Trinajstić information content (AvgIpc) is 2.32. The Bertz CT molecular complexity index is 338. The van der Waals surface area contributed by atoms with Gasteiger partial charge in [-0.2, -0.15) is 13.2 Å². The van der Waals surface area contributed by atoms with Crippen molar-refractivity contribution < 1.29 is 37.8 Å². The van der Waals surface area contributed by atoms with E-state index in [4.69, 9.17) is 20.7 Å². The Balaban J connectivity index is 0. The van der Waals surface area contributed by atoms with Crippen molar-refractivity contribution in [2.75, 3.05) is 18.9 Å². The number of carbonyl (C=O) groups is 3. The van der Waals surface area contributed by atoms with E-state index >= 15 is 0 Å². The number of hydrogen-bond donors (Lipinski definition) is 4. The Hall–Kier alpha value is -1.33. The minimum Gasteiger partial charge on any atom is -0.475 e. The number of nitrogens with one attached hydrogen (secondary N) is 1. The Kier molecular flexibility index (Phi) is 11.0. The molecular formula is C9H15F3N2O5S. The van der Waals surface area contributed by atoms with Crippen LogP contribution in [-0.4, -0.2) is 58.3 Å². The number of rotatable bonds is 5. The van der Waals surface area contributed by atoms with Gasteiger partial charge in [0, 0.05) is 19.2 Å². The molecule has 0 heterocycles. The van der Waals surface area contributed by atoms with Crippen molar-refractivity contribution in [3.05, 3.63) is 0 Å². The van der Waals surface area contributed by atoms with Gasteiger partial charge in [-0.3, -0.25) is 9.59 Å². The molecule has 0 fully saturated rings. The number of hydrogen-bond acceptors (Lipinski definition) is 6. The molecule has 0 aliphatic carbocycles. The molecule has 0 spiro atoms. The lowest BCUT2D eigenvalue weighted by Crippen LogP contribution is -2.43. The number of amides is 1. The second kappa shape index (κ2) is 10.5. The number of aliphatic hydroxyl groups excluding tert-OH is 1. The molecule has 0 aromatic heterocycles. The molecule has 7 nitrogen and oxygen atoms in total. The lowest BCUT2D eigenvalue weighted by atomic mass is 10.3. The fourth-order valence-electron chi connectivity index (χ4n) is 0.583. The molecule has 20 heavy (non-hydrogen) atoms. The van der Waals surface area contributed by atoms with Crippen molar-refractivity contribution >= 4 is 28.8 Å². The molecule has 0 aromatic carbocycles. The predicted molar refractivity (Wildman–Crippen MR) is 64.9 cm³/mol. The number of carbonyl (C=O) groups excluding carboxylic acids is 2. The van der Waals surface area contributed by atoms with E-state index in [9.17, 15) is 22.8 Å². The summed E-state index contributed by atoms with van der Waals surface area (Å²) >= 11 is 1.14. The molecule has 1 amide bonds. The van der Waals surface area contributed by atoms with Crippen molar-refractivity contribution in [1.82, 2.24) is 5.32 Å². The first-order chi connectivity index (χ1) is 9.02. The largest absolute Gasteiger partial charge is 0.490 e. The number of nitrogens with two attached hydrogens (primary N) is 1. The van der Waals surface area contributed by atoms with Crippen LogP contribution in [0.2, 0.25) is 0 Å². The lowest BCUT2D eigenvalue weighted by Gasteiger charge is -2.08. The summed E-state index contributed by atoms with van der Waals surface area (Å²) < 4.78 is 31.7. The quantitative estimate of drug-likeness (QED) is 0.495. The first-order valence-electron chi connectivity index (χ1n) is 5.10. The minimum absolute atomic E-state index is 0.0145. The predicted octanol–water partition coefficient (Wildman–Crippen LogP) is -0.665. The van der Waals surface area contributed by atoms with Crippen LogP contribution < -0.4 is 11.1 Å². The first-order valence-corrected chi connectivity index (χ1v) is 6.08. The number of carboxylic acid groups (broad SMARTS) is 1. The zero-order valence-electron chi connectivity index (χ0n) is 10.4. The van der Waals surface area contributed by atoms with Crippen molar-refractivity contribution in [2.45, 2.75) is 19.1 Å². The zero-order chi connectivity index (χ0) is 16.3. The van der Waals surface area contributed by atoms with Crippen LogP contribution in [0, 0.1) is 0 Å². The van der Waals surface area contributed by atoms with Crippen molar-refractivity contribution in [3.8, 4) is 0 Å². The second-order valence-corrected chi connectivity index (χ2v) is 4.49. The average molecular weight is 320 g/mol. The Morgan fingerprint density at radius 1 is 1.35 bits per heavy atom. The van der Waals surface area contributed by atoms with Gasteiger partial charge in [-0.1, -0.05) is 11.8 Å². The molecule has 0 saturated carbocycles. The topological polar surface area (TPSA) is 130 Å². The molecule has 0 aliphatic rings. The van der Waals surface area contributed by atoms with Crippen LogP contribution in [-0.2, 0) is 14.4 Å². The maximum atomic E-state index is 10.9. The van der Waals surface area contributed by atoms with E-state index in [1.807, 2.05) is 0 Å². The summed E-state index contributed by atoms with van der Waals surface area (Å²) in [6, 6.07) is -0.873. The van der Waals surface area contributed by atoms with Gasteiger partial charge < -0.3 is 21.3 Å². The summed E-state index contributed by atoms with van der Waals surface area (Å²) in [5, 5.41) is 18.1. The summed E-state index contributed by atoms with van der Waals surface area (Å²) in [5.41, 5.74) is 5.22. The third-order valence-corrected chi connectivity index (χ3v) is 2.30. The molecule has 118 valence electrons. The van der Waals surface area contributed by atoms with Gasteiger partial charge in [0.1, 0.15) is 6.04 Å². The molecule has 0 rings (SSSR count). The van der Waals surface area contributed by atoms with E-state index in [2.05, 4.69) is 5.32 Å². The highest BCUT2D eigenvalue weighted by Gasteiger charge is 2.38. The van der Waals surface area contributed by atoms with Crippen molar-refractivity contribution in [2.24, 2.45) is 5.73 Å². The number of aliphatic hydroxyl groups is 1. The third-order valence-electron chi connectivity index (χ3n) is 1.48. The number of alkyl halides is 3. The highest BCUT2D eigenvalue weighted by Crippen LogP contribution is 2.13. The molecule has 0 aromatic rings. The standard InChI is InChI=1S/C7H14N2O3S.C2HF3O2/c1-5(11)13-3-2-9-7(12)6(8)4-10;3-2(4,5)1(6)7/h6,10H,2-4,8H2,1H3,(H,9,12);(H,6,7)/t6-;/m0./s1. The fraction of sp³-hybridized carbons (Fsp3) is 0.667. The molecule has 0 bridgehead atoms. The summed E-state index contributed by atoms with van der Waals surface area (Å²) in [7, 11) is 0. The number of carboxylic acids is 1. The Labute approximate surface area is 116 Å². The molecule has 0 saturated heterocycles. The van der Waals surface area contributed by atoms with E-state index in [0.717, 1.165) is 11.8 Å². The van der Waals surface area contributed by atoms with Gasteiger partial charge in [0.05, 0.1) is 6.61 Å². The van der Waals surface area contributed by atoms with Crippen LogP contribution in [0.15, 0.2) is 0 Å². The normalized spacial score (nSPS) is 11.9. The molecular weight excluding hydrogens is 305 g/mol. The van der Waals surface area contributed by atoms with Crippen LogP contribution in [0.5, 0.6) is 0 Å². The molecule has 0 radical (unpaired) electrons. The number of halogens is 3. The van der Waals surface area contributed by atoms with Crippen LogP contribution in [0.1, 0.15) is 6.92 Å². The summed E-state index contributed by atoms with van der Waals surface area (Å²) in [4.78, 5) is 30.3. The van der Waals surface area contributed by atoms with E-state index in [-0.39, 0.29) is 11.7 Å². The maximum absolute atomic E-state index is 10.9. The van der Waals surface area contributed by atoms with Gasteiger partial charge in [0.2, 0.25) is 5.91 Å². The van der Waals surface area contributed by atoms with Crippen LogP contribution >= 0.6 is 11.8 Å². The van der Waals surface area contributed by atoms with E-state index in [1.165, 1.54) is 6.92 Å². The Morgan fingerprint density at radius 3 is 2.10 bits per heavy atom. The van der Waals surface area contributed by atoms with E-state index < -0.39 is 24.1 Å². The second-order valence-electron chi connectivity index (χ2n) is 3.22. The maximum Gasteiger partial charge on any atom is 0.490 e. The van der Waals surface area contributed by atoms with Crippen LogP contribution in [0.3, 0.4) is 0 Å². The van der Waals surface area contributed by atoms with Gasteiger partial charge in [0.15, 0.2) is 5.12 Å². The van der Waals surface area contributed by atoms with Crippen molar-refractivity contribution in [3.63, 3.8) is 0 Å². The molecule has 0 aliphatic heterocycles. The highest BCUT2D eigenvalue weighted by molar-refractivity contribution is 8.13. The van der Waals surface area contributed by atoms with E-state index in [1.54, 1.807) is 0 Å². The SMILES string of the molecule is CC(=O)SCCNC(=O)[C@@H](N)CO.O=C(O)C(F)(F)F. The molecule has 5 N–H and O–H groups in total. The number of thioether (sulfide) groups is 1. The van der Waals surface area contributed by atoms with Gasteiger partial charge in [0.25, 0.3) is 0 Å². The van der Waals surface area contributed by atoms with Gasteiger partial charge in [-0.05, 0) is 0 Å². The fourth-order valence-corrected chi connectivity index (χ4v) is 1.07. The van der Waals surface area contributed by atoms with Gasteiger partial charge >= 0.3 is 12.1 Å². The lowest BCUT2D eigenvalue weighted by molar-refractivity contribution is -0.192.